The molecular weight excluding hydrogens is 305 g/mol. The Bertz CT molecular complexity index is 409. The van der Waals surface area contributed by atoms with Crippen molar-refractivity contribution in [2.45, 2.75) is 26.4 Å². The van der Waals surface area contributed by atoms with Crippen molar-refractivity contribution in [3.63, 3.8) is 0 Å². The summed E-state index contributed by atoms with van der Waals surface area (Å²) in [6, 6.07) is 5.81. The highest BCUT2D eigenvalue weighted by Gasteiger charge is 2.14. The average Bonchev–Trinajstić information content (AvgIpc) is 2.21. The van der Waals surface area contributed by atoms with Gasteiger partial charge in [0.05, 0.1) is 11.6 Å². The van der Waals surface area contributed by atoms with E-state index in [0.717, 1.165) is 10.0 Å². The molecule has 1 N–H and O–H groups in total. The Balaban J connectivity index is 2.78. The zero-order valence-corrected chi connectivity index (χ0v) is 12.1. The van der Waals surface area contributed by atoms with Crippen LogP contribution in [0.4, 0.5) is 0 Å². The van der Waals surface area contributed by atoms with Crippen LogP contribution in [0.1, 0.15) is 19.4 Å². The molecule has 0 fully saturated rings. The van der Waals surface area contributed by atoms with Gasteiger partial charge in [0.2, 0.25) is 0 Å². The number of carboxylic acid groups (broad SMARTS) is 1. The maximum atomic E-state index is 10.8. The summed E-state index contributed by atoms with van der Waals surface area (Å²) in [5, 5.41) is 9.49. The smallest absolute Gasteiger partial charge is 0.317 e. The van der Waals surface area contributed by atoms with Crippen LogP contribution in [0.2, 0.25) is 5.02 Å². The van der Waals surface area contributed by atoms with Crippen molar-refractivity contribution >= 4 is 33.5 Å². The van der Waals surface area contributed by atoms with E-state index in [1.807, 2.05) is 30.9 Å². The van der Waals surface area contributed by atoms with E-state index in [4.69, 9.17) is 16.7 Å². The van der Waals surface area contributed by atoms with Crippen LogP contribution in [0.5, 0.6) is 0 Å². The van der Waals surface area contributed by atoms with Crippen LogP contribution in [0.25, 0.3) is 0 Å². The van der Waals surface area contributed by atoms with Crippen LogP contribution in [-0.4, -0.2) is 28.6 Å². The molecule has 1 rings (SSSR count). The molecule has 1 aromatic carbocycles. The Hall–Kier alpha value is -0.580. The molecule has 17 heavy (non-hydrogen) atoms. The summed E-state index contributed by atoms with van der Waals surface area (Å²) in [6.07, 6.45) is 0. The minimum atomic E-state index is -0.813. The number of aliphatic carboxylic acids is 1. The normalized spacial score (nSPS) is 11.2. The number of halogens is 2. The van der Waals surface area contributed by atoms with Gasteiger partial charge in [-0.25, -0.2) is 0 Å². The van der Waals surface area contributed by atoms with E-state index in [-0.39, 0.29) is 12.6 Å². The molecule has 0 aliphatic rings. The molecule has 0 saturated carbocycles. The molecule has 0 amide bonds. The molecule has 0 radical (unpaired) electrons. The first kappa shape index (κ1) is 14.5. The number of carbonyl (C=O) groups is 1. The van der Waals surface area contributed by atoms with Crippen LogP contribution < -0.4 is 0 Å². The van der Waals surface area contributed by atoms with Crippen LogP contribution in [-0.2, 0) is 11.3 Å². The van der Waals surface area contributed by atoms with Crippen molar-refractivity contribution in [1.29, 1.82) is 0 Å². The van der Waals surface area contributed by atoms with E-state index in [1.54, 1.807) is 6.07 Å². The van der Waals surface area contributed by atoms with E-state index in [0.29, 0.717) is 11.6 Å². The minimum Gasteiger partial charge on any atom is -0.480 e. The van der Waals surface area contributed by atoms with Gasteiger partial charge in [-0.1, -0.05) is 17.7 Å². The summed E-state index contributed by atoms with van der Waals surface area (Å²) in [5.41, 5.74) is 1.04. The minimum absolute atomic E-state index is 0.0396. The summed E-state index contributed by atoms with van der Waals surface area (Å²) in [5.74, 6) is -0.813. The topological polar surface area (TPSA) is 40.5 Å². The van der Waals surface area contributed by atoms with Gasteiger partial charge in [-0.05, 0) is 47.5 Å². The number of carboxylic acids is 1. The van der Waals surface area contributed by atoms with Gasteiger partial charge in [0.15, 0.2) is 0 Å². The van der Waals surface area contributed by atoms with Gasteiger partial charge in [0.1, 0.15) is 0 Å². The second-order valence-corrected chi connectivity index (χ2v) is 5.40. The van der Waals surface area contributed by atoms with Crippen molar-refractivity contribution in [2.24, 2.45) is 0 Å². The number of rotatable bonds is 5. The van der Waals surface area contributed by atoms with Gasteiger partial charge in [-0.15, -0.1) is 0 Å². The summed E-state index contributed by atoms with van der Waals surface area (Å²) in [6.45, 7) is 4.60. The third-order valence-corrected chi connectivity index (χ3v) is 3.65. The van der Waals surface area contributed by atoms with Gasteiger partial charge in [0, 0.05) is 17.1 Å². The first-order valence-electron chi connectivity index (χ1n) is 5.30. The molecule has 0 spiro atoms. The van der Waals surface area contributed by atoms with E-state index in [1.165, 1.54) is 0 Å². The van der Waals surface area contributed by atoms with E-state index in [9.17, 15) is 4.79 Å². The molecule has 0 atom stereocenters. The van der Waals surface area contributed by atoms with Crippen LogP contribution in [0.3, 0.4) is 0 Å². The van der Waals surface area contributed by atoms with Crippen LogP contribution in [0.15, 0.2) is 22.7 Å². The van der Waals surface area contributed by atoms with E-state index < -0.39 is 5.97 Å². The lowest BCUT2D eigenvalue weighted by Crippen LogP contribution is -2.35. The number of nitrogens with zero attached hydrogens (tertiary/aromatic N) is 1. The molecule has 5 heteroatoms. The molecule has 0 heterocycles. The second-order valence-electron chi connectivity index (χ2n) is 4.14. The largest absolute Gasteiger partial charge is 0.480 e. The Labute approximate surface area is 115 Å². The fourth-order valence-electron chi connectivity index (χ4n) is 1.47. The van der Waals surface area contributed by atoms with E-state index >= 15 is 0 Å². The molecular formula is C12H15BrClNO2. The van der Waals surface area contributed by atoms with Crippen molar-refractivity contribution < 1.29 is 9.90 Å². The first-order valence-corrected chi connectivity index (χ1v) is 6.47. The lowest BCUT2D eigenvalue weighted by molar-refractivity contribution is -0.138. The molecule has 0 aliphatic heterocycles. The Kier molecular flexibility index (Phi) is 5.43. The molecule has 3 nitrogen and oxygen atoms in total. The lowest BCUT2D eigenvalue weighted by atomic mass is 10.2. The predicted octanol–water partition coefficient (Wildman–Crippen LogP) is 3.40. The second kappa shape index (κ2) is 6.38. The maximum Gasteiger partial charge on any atom is 0.317 e. The van der Waals surface area contributed by atoms with E-state index in [2.05, 4.69) is 15.9 Å². The molecule has 0 saturated heterocycles. The third-order valence-electron chi connectivity index (χ3n) is 2.44. The monoisotopic (exact) mass is 319 g/mol. The van der Waals surface area contributed by atoms with Gasteiger partial charge in [-0.3, -0.25) is 9.69 Å². The van der Waals surface area contributed by atoms with Crippen molar-refractivity contribution in [1.82, 2.24) is 4.90 Å². The maximum absolute atomic E-state index is 10.8. The zero-order chi connectivity index (χ0) is 13.0. The quantitative estimate of drug-likeness (QED) is 0.904. The van der Waals surface area contributed by atoms with Gasteiger partial charge >= 0.3 is 5.97 Å². The van der Waals surface area contributed by atoms with Crippen LogP contribution in [0, 0.1) is 0 Å². The Morgan fingerprint density at radius 2 is 2.18 bits per heavy atom. The molecule has 1 aromatic rings. The van der Waals surface area contributed by atoms with Gasteiger partial charge in [-0.2, -0.15) is 0 Å². The molecule has 0 aliphatic carbocycles. The number of benzene rings is 1. The number of hydrogen-bond acceptors (Lipinski definition) is 2. The highest BCUT2D eigenvalue weighted by Crippen LogP contribution is 2.24. The molecule has 94 valence electrons. The van der Waals surface area contributed by atoms with Crippen molar-refractivity contribution in [3.05, 3.63) is 33.3 Å². The number of hydrogen-bond donors (Lipinski definition) is 1. The SMILES string of the molecule is CC(C)N(CC(=O)O)Cc1ccc(Cl)c(Br)c1. The first-order chi connectivity index (χ1) is 7.90. The third kappa shape index (κ3) is 4.66. The molecule has 0 aromatic heterocycles. The van der Waals surface area contributed by atoms with Crippen LogP contribution >= 0.6 is 27.5 Å². The van der Waals surface area contributed by atoms with Crippen molar-refractivity contribution in [2.75, 3.05) is 6.54 Å². The van der Waals surface area contributed by atoms with Gasteiger partial charge in [0.25, 0.3) is 0 Å². The average molecular weight is 321 g/mol. The summed E-state index contributed by atoms with van der Waals surface area (Å²) >= 11 is 9.27. The summed E-state index contributed by atoms with van der Waals surface area (Å²) in [7, 11) is 0. The zero-order valence-electron chi connectivity index (χ0n) is 9.78. The highest BCUT2D eigenvalue weighted by molar-refractivity contribution is 9.10. The lowest BCUT2D eigenvalue weighted by Gasteiger charge is -2.24. The summed E-state index contributed by atoms with van der Waals surface area (Å²) < 4.78 is 0.829. The fraction of sp³-hybridized carbons (Fsp3) is 0.417. The molecule has 0 bridgehead atoms. The predicted molar refractivity (Wildman–Crippen MR) is 72.3 cm³/mol. The Morgan fingerprint density at radius 3 is 2.65 bits per heavy atom. The highest BCUT2D eigenvalue weighted by atomic mass is 79.9. The molecule has 0 unspecified atom stereocenters. The standard InChI is InChI=1S/C12H15BrClNO2/c1-8(2)15(7-12(16)17)6-9-3-4-11(14)10(13)5-9/h3-5,8H,6-7H2,1-2H3,(H,16,17). The summed E-state index contributed by atoms with van der Waals surface area (Å²) in [4.78, 5) is 12.6. The Morgan fingerprint density at radius 1 is 1.53 bits per heavy atom. The fourth-order valence-corrected chi connectivity index (χ4v) is 2.01. The van der Waals surface area contributed by atoms with Gasteiger partial charge < -0.3 is 5.11 Å². The van der Waals surface area contributed by atoms with Crippen molar-refractivity contribution in [3.8, 4) is 0 Å².